The molecule has 1 aliphatic rings. The lowest BCUT2D eigenvalue weighted by molar-refractivity contribution is -0.138. The number of hydrogen-bond donors (Lipinski definition) is 1. The fraction of sp³-hybridized carbons (Fsp3) is 0.389. The molecule has 0 bridgehead atoms. The summed E-state index contributed by atoms with van der Waals surface area (Å²) in [5.74, 6) is -1.38. The van der Waals surface area contributed by atoms with Crippen molar-refractivity contribution in [2.75, 3.05) is 13.7 Å². The lowest BCUT2D eigenvalue weighted by Crippen LogP contribution is -2.53. The summed E-state index contributed by atoms with van der Waals surface area (Å²) in [7, 11) is 1.18. The Hall–Kier alpha value is -2.87. The maximum absolute atomic E-state index is 12.6. The number of rotatable bonds is 5. The van der Waals surface area contributed by atoms with Gasteiger partial charge in [0.25, 0.3) is 0 Å². The fourth-order valence-electron chi connectivity index (χ4n) is 2.54. The molecule has 26 heavy (non-hydrogen) atoms. The van der Waals surface area contributed by atoms with E-state index < -0.39 is 29.7 Å². The molecule has 8 heteroatoms. The second-order valence-electron chi connectivity index (χ2n) is 6.14. The van der Waals surface area contributed by atoms with E-state index in [9.17, 15) is 14.4 Å². The molecule has 0 aliphatic carbocycles. The highest BCUT2D eigenvalue weighted by molar-refractivity contribution is 5.96. The SMILES string of the molecule is C=C(NC(=O)[C@@H]1COC(C)(C)N1C(=O)OCc1ccccc1)C(=O)OC. The van der Waals surface area contributed by atoms with Crippen LogP contribution in [0.5, 0.6) is 0 Å². The Balaban J connectivity index is 2.06. The molecule has 0 saturated carbocycles. The molecule has 2 amide bonds. The monoisotopic (exact) mass is 362 g/mol. The number of esters is 1. The van der Waals surface area contributed by atoms with Gasteiger partial charge < -0.3 is 19.5 Å². The third-order valence-corrected chi connectivity index (χ3v) is 3.90. The number of ether oxygens (including phenoxy) is 3. The number of carbonyl (C=O) groups is 3. The van der Waals surface area contributed by atoms with Crippen molar-refractivity contribution in [3.05, 3.63) is 48.2 Å². The minimum Gasteiger partial charge on any atom is -0.464 e. The second kappa shape index (κ2) is 8.01. The molecule has 140 valence electrons. The molecule has 0 spiro atoms. The summed E-state index contributed by atoms with van der Waals surface area (Å²) in [5, 5.41) is 2.33. The minimum atomic E-state index is -1.04. The predicted molar refractivity (Wildman–Crippen MR) is 91.6 cm³/mol. The van der Waals surface area contributed by atoms with E-state index >= 15 is 0 Å². The zero-order valence-electron chi connectivity index (χ0n) is 15.0. The molecule has 0 aromatic heterocycles. The van der Waals surface area contributed by atoms with Crippen LogP contribution in [-0.4, -0.2) is 48.4 Å². The third-order valence-electron chi connectivity index (χ3n) is 3.90. The van der Waals surface area contributed by atoms with Crippen molar-refractivity contribution in [3.8, 4) is 0 Å². The van der Waals surface area contributed by atoms with E-state index in [1.807, 2.05) is 30.3 Å². The molecule has 1 N–H and O–H groups in total. The van der Waals surface area contributed by atoms with Gasteiger partial charge in [0.05, 0.1) is 13.7 Å². The van der Waals surface area contributed by atoms with Crippen LogP contribution in [-0.2, 0) is 30.4 Å². The largest absolute Gasteiger partial charge is 0.464 e. The van der Waals surface area contributed by atoms with Crippen molar-refractivity contribution >= 4 is 18.0 Å². The van der Waals surface area contributed by atoms with Gasteiger partial charge in [0.15, 0.2) is 0 Å². The van der Waals surface area contributed by atoms with Crippen molar-refractivity contribution in [2.45, 2.75) is 32.2 Å². The van der Waals surface area contributed by atoms with Crippen LogP contribution in [0.25, 0.3) is 0 Å². The molecule has 1 atom stereocenters. The summed E-state index contributed by atoms with van der Waals surface area (Å²) in [4.78, 5) is 37.6. The number of methoxy groups -OCH3 is 1. The first-order chi connectivity index (χ1) is 12.3. The second-order valence-corrected chi connectivity index (χ2v) is 6.14. The van der Waals surface area contributed by atoms with Crippen LogP contribution < -0.4 is 5.32 Å². The third kappa shape index (κ3) is 4.40. The van der Waals surface area contributed by atoms with Crippen LogP contribution >= 0.6 is 0 Å². The fourth-order valence-corrected chi connectivity index (χ4v) is 2.54. The van der Waals surface area contributed by atoms with Gasteiger partial charge in [0, 0.05) is 0 Å². The lowest BCUT2D eigenvalue weighted by Gasteiger charge is -2.32. The Morgan fingerprint density at radius 2 is 1.96 bits per heavy atom. The maximum atomic E-state index is 12.6. The van der Waals surface area contributed by atoms with E-state index in [0.29, 0.717) is 0 Å². The Morgan fingerprint density at radius 3 is 2.58 bits per heavy atom. The van der Waals surface area contributed by atoms with Gasteiger partial charge in [-0.2, -0.15) is 0 Å². The molecule has 1 saturated heterocycles. The van der Waals surface area contributed by atoms with Gasteiger partial charge in [-0.25, -0.2) is 9.59 Å². The average molecular weight is 362 g/mol. The van der Waals surface area contributed by atoms with Crippen LogP contribution in [0.3, 0.4) is 0 Å². The first-order valence-electron chi connectivity index (χ1n) is 7.98. The number of nitrogens with zero attached hydrogens (tertiary/aromatic N) is 1. The average Bonchev–Trinajstić information content (AvgIpc) is 2.95. The van der Waals surface area contributed by atoms with Crippen LogP contribution in [0.2, 0.25) is 0 Å². The number of benzene rings is 1. The summed E-state index contributed by atoms with van der Waals surface area (Å²) in [6.07, 6.45) is -0.694. The first kappa shape index (κ1) is 19.5. The Labute approximate surface area is 151 Å². The summed E-state index contributed by atoms with van der Waals surface area (Å²) in [6.45, 7) is 6.77. The van der Waals surface area contributed by atoms with Crippen molar-refractivity contribution in [3.63, 3.8) is 0 Å². The number of amides is 2. The zero-order chi connectivity index (χ0) is 19.3. The highest BCUT2D eigenvalue weighted by Crippen LogP contribution is 2.28. The van der Waals surface area contributed by atoms with Crippen LogP contribution in [0.1, 0.15) is 19.4 Å². The quantitative estimate of drug-likeness (QED) is 0.631. The van der Waals surface area contributed by atoms with Gasteiger partial charge in [-0.05, 0) is 19.4 Å². The molecule has 1 heterocycles. The molecule has 1 aromatic carbocycles. The predicted octanol–water partition coefficient (Wildman–Crippen LogP) is 1.56. The number of nitrogens with one attached hydrogen (secondary N) is 1. The van der Waals surface area contributed by atoms with Crippen LogP contribution in [0.4, 0.5) is 4.79 Å². The van der Waals surface area contributed by atoms with Crippen molar-refractivity contribution in [1.29, 1.82) is 0 Å². The number of carbonyl (C=O) groups excluding carboxylic acids is 3. The normalized spacial score (nSPS) is 18.1. The highest BCUT2D eigenvalue weighted by atomic mass is 16.6. The minimum absolute atomic E-state index is 0.0340. The van der Waals surface area contributed by atoms with E-state index in [4.69, 9.17) is 9.47 Å². The molecule has 1 aromatic rings. The van der Waals surface area contributed by atoms with E-state index in [0.717, 1.165) is 5.56 Å². The molecular formula is C18H22N2O6. The van der Waals surface area contributed by atoms with Crippen LogP contribution in [0, 0.1) is 0 Å². The topological polar surface area (TPSA) is 94.2 Å². The van der Waals surface area contributed by atoms with Gasteiger partial charge in [-0.15, -0.1) is 0 Å². The summed E-state index contributed by atoms with van der Waals surface area (Å²) >= 11 is 0. The van der Waals surface area contributed by atoms with Gasteiger partial charge >= 0.3 is 12.1 Å². The molecule has 0 radical (unpaired) electrons. The maximum Gasteiger partial charge on any atom is 0.413 e. The van der Waals surface area contributed by atoms with Gasteiger partial charge in [0.1, 0.15) is 24.1 Å². The molecule has 1 aliphatic heterocycles. The lowest BCUT2D eigenvalue weighted by atomic mass is 10.2. The van der Waals surface area contributed by atoms with E-state index in [1.54, 1.807) is 13.8 Å². The summed E-state index contributed by atoms with van der Waals surface area (Å²) in [6, 6.07) is 8.21. The van der Waals surface area contributed by atoms with Gasteiger partial charge in [-0.1, -0.05) is 36.9 Å². The summed E-state index contributed by atoms with van der Waals surface area (Å²) < 4.78 is 15.3. The van der Waals surface area contributed by atoms with Crippen molar-refractivity contribution < 1.29 is 28.6 Å². The Bertz CT molecular complexity index is 701. The Kier molecular flexibility index (Phi) is 5.99. The smallest absolute Gasteiger partial charge is 0.413 e. The molecular weight excluding hydrogens is 340 g/mol. The van der Waals surface area contributed by atoms with E-state index in [1.165, 1.54) is 12.0 Å². The molecule has 8 nitrogen and oxygen atoms in total. The van der Waals surface area contributed by atoms with Gasteiger partial charge in [-0.3, -0.25) is 9.69 Å². The molecule has 2 rings (SSSR count). The van der Waals surface area contributed by atoms with E-state index in [2.05, 4.69) is 16.6 Å². The molecule has 0 unspecified atom stereocenters. The first-order valence-corrected chi connectivity index (χ1v) is 7.98. The summed E-state index contributed by atoms with van der Waals surface area (Å²) in [5.41, 5.74) is -0.443. The Morgan fingerprint density at radius 1 is 1.31 bits per heavy atom. The zero-order valence-corrected chi connectivity index (χ0v) is 15.0. The highest BCUT2D eigenvalue weighted by Gasteiger charge is 2.48. The van der Waals surface area contributed by atoms with Crippen molar-refractivity contribution in [2.24, 2.45) is 0 Å². The van der Waals surface area contributed by atoms with Gasteiger partial charge in [0.2, 0.25) is 5.91 Å². The van der Waals surface area contributed by atoms with Crippen LogP contribution in [0.15, 0.2) is 42.6 Å². The van der Waals surface area contributed by atoms with E-state index in [-0.39, 0.29) is 18.9 Å². The standard InChI is InChI=1S/C18H22N2O6/c1-12(16(22)24-4)19-15(21)14-11-26-18(2,3)20(14)17(23)25-10-13-8-6-5-7-9-13/h5-9,14H,1,10-11H2,2-4H3,(H,19,21)/t14-/m0/s1. The number of hydrogen-bond acceptors (Lipinski definition) is 6. The molecule has 1 fully saturated rings. The van der Waals surface area contributed by atoms with Crippen molar-refractivity contribution in [1.82, 2.24) is 10.2 Å².